The van der Waals surface area contributed by atoms with Crippen molar-refractivity contribution < 1.29 is 0 Å². The quantitative estimate of drug-likeness (QED) is 0.923. The second kappa shape index (κ2) is 5.44. The summed E-state index contributed by atoms with van der Waals surface area (Å²) in [6.45, 7) is 0. The number of anilines is 2. The van der Waals surface area contributed by atoms with Gasteiger partial charge in [0.15, 0.2) is 5.13 Å². The Kier molecular flexibility index (Phi) is 3.66. The highest BCUT2D eigenvalue weighted by molar-refractivity contribution is 7.15. The number of benzene rings is 1. The van der Waals surface area contributed by atoms with Crippen LogP contribution >= 0.6 is 11.3 Å². The van der Waals surface area contributed by atoms with E-state index in [2.05, 4.69) is 48.2 Å². The van der Waals surface area contributed by atoms with E-state index in [1.807, 2.05) is 0 Å². The van der Waals surface area contributed by atoms with E-state index in [-0.39, 0.29) is 0 Å². The Bertz CT molecular complexity index is 598. The third kappa shape index (κ3) is 2.52. The first-order valence-corrected chi connectivity index (χ1v) is 8.01. The first-order valence-electron chi connectivity index (χ1n) is 7.19. The van der Waals surface area contributed by atoms with Gasteiger partial charge in [-0.15, -0.1) is 11.3 Å². The molecule has 20 heavy (non-hydrogen) atoms. The molecule has 0 atom stereocenters. The molecule has 4 heteroatoms. The van der Waals surface area contributed by atoms with E-state index < -0.39 is 0 Å². The highest BCUT2D eigenvalue weighted by Gasteiger charge is 2.24. The standard InChI is InChI=1S/C16H21N3S/c1-19(2)13-9-5-8-12(10-13)14-15(20-16(17)18-14)11-6-3-4-7-11/h5,8-11H,3-4,6-7H2,1-2H3,(H2,17,18). The molecule has 106 valence electrons. The van der Waals surface area contributed by atoms with Crippen molar-refractivity contribution in [3.63, 3.8) is 0 Å². The van der Waals surface area contributed by atoms with E-state index in [4.69, 9.17) is 5.73 Å². The Morgan fingerprint density at radius 1 is 1.25 bits per heavy atom. The molecule has 1 heterocycles. The average Bonchev–Trinajstić information content (AvgIpc) is 3.07. The summed E-state index contributed by atoms with van der Waals surface area (Å²) < 4.78 is 0. The Balaban J connectivity index is 2.03. The van der Waals surface area contributed by atoms with Crippen LogP contribution in [0.3, 0.4) is 0 Å². The van der Waals surface area contributed by atoms with Crippen LogP contribution in [0.2, 0.25) is 0 Å². The summed E-state index contributed by atoms with van der Waals surface area (Å²) in [5, 5.41) is 0.692. The molecule has 3 nitrogen and oxygen atoms in total. The number of nitrogens with two attached hydrogens (primary N) is 1. The molecule has 3 rings (SSSR count). The van der Waals surface area contributed by atoms with Crippen molar-refractivity contribution in [1.82, 2.24) is 4.98 Å². The van der Waals surface area contributed by atoms with Crippen molar-refractivity contribution in [1.29, 1.82) is 0 Å². The maximum absolute atomic E-state index is 5.98. The van der Waals surface area contributed by atoms with Gasteiger partial charge in [0.25, 0.3) is 0 Å². The Labute approximate surface area is 124 Å². The van der Waals surface area contributed by atoms with Crippen LogP contribution in [-0.4, -0.2) is 19.1 Å². The molecule has 0 saturated heterocycles. The maximum atomic E-state index is 5.98. The zero-order valence-electron chi connectivity index (χ0n) is 12.1. The fourth-order valence-corrected chi connectivity index (χ4v) is 3.98. The summed E-state index contributed by atoms with van der Waals surface area (Å²) in [5.74, 6) is 0.655. The first-order chi connectivity index (χ1) is 9.65. The molecule has 1 fully saturated rings. The molecular formula is C16H21N3S. The molecule has 1 aromatic carbocycles. The van der Waals surface area contributed by atoms with Crippen LogP contribution in [0.4, 0.5) is 10.8 Å². The Morgan fingerprint density at radius 2 is 2.00 bits per heavy atom. The minimum absolute atomic E-state index is 0.655. The average molecular weight is 287 g/mol. The van der Waals surface area contributed by atoms with Gasteiger partial charge in [-0.1, -0.05) is 25.0 Å². The van der Waals surface area contributed by atoms with E-state index in [1.165, 1.54) is 41.8 Å². The van der Waals surface area contributed by atoms with Crippen LogP contribution in [0.25, 0.3) is 11.3 Å². The second-order valence-electron chi connectivity index (χ2n) is 5.69. The van der Waals surface area contributed by atoms with E-state index in [0.29, 0.717) is 11.0 Å². The zero-order valence-corrected chi connectivity index (χ0v) is 12.9. The molecule has 2 aromatic rings. The fraction of sp³-hybridized carbons (Fsp3) is 0.438. The van der Waals surface area contributed by atoms with Crippen LogP contribution in [0.1, 0.15) is 36.5 Å². The summed E-state index contributed by atoms with van der Waals surface area (Å²) in [6.07, 6.45) is 5.23. The summed E-state index contributed by atoms with van der Waals surface area (Å²) >= 11 is 1.67. The lowest BCUT2D eigenvalue weighted by molar-refractivity contribution is 0.738. The largest absolute Gasteiger partial charge is 0.378 e. The van der Waals surface area contributed by atoms with Gasteiger partial charge in [0.1, 0.15) is 0 Å². The van der Waals surface area contributed by atoms with Gasteiger partial charge in [0.2, 0.25) is 0 Å². The third-order valence-corrected chi connectivity index (χ3v) is 5.08. The van der Waals surface area contributed by atoms with Crippen molar-refractivity contribution in [2.45, 2.75) is 31.6 Å². The minimum Gasteiger partial charge on any atom is -0.378 e. The van der Waals surface area contributed by atoms with Gasteiger partial charge < -0.3 is 10.6 Å². The van der Waals surface area contributed by atoms with Crippen LogP contribution in [-0.2, 0) is 0 Å². The van der Waals surface area contributed by atoms with Gasteiger partial charge in [0.05, 0.1) is 5.69 Å². The predicted octanol–water partition coefficient (Wildman–Crippen LogP) is 4.12. The van der Waals surface area contributed by atoms with Gasteiger partial charge in [-0.05, 0) is 30.9 Å². The molecule has 1 saturated carbocycles. The molecule has 0 spiro atoms. The maximum Gasteiger partial charge on any atom is 0.180 e. The molecule has 0 unspecified atom stereocenters. The van der Waals surface area contributed by atoms with Gasteiger partial charge in [-0.25, -0.2) is 4.98 Å². The van der Waals surface area contributed by atoms with E-state index in [1.54, 1.807) is 11.3 Å². The monoisotopic (exact) mass is 287 g/mol. The molecular weight excluding hydrogens is 266 g/mol. The van der Waals surface area contributed by atoms with Crippen LogP contribution in [0.5, 0.6) is 0 Å². The first kappa shape index (κ1) is 13.4. The number of aromatic nitrogens is 1. The molecule has 1 aliphatic rings. The lowest BCUT2D eigenvalue weighted by Crippen LogP contribution is -2.08. The lowest BCUT2D eigenvalue weighted by atomic mass is 10.0. The van der Waals surface area contributed by atoms with Crippen molar-refractivity contribution in [3.05, 3.63) is 29.1 Å². The number of nitrogen functional groups attached to an aromatic ring is 1. The topological polar surface area (TPSA) is 42.2 Å². The van der Waals surface area contributed by atoms with E-state index >= 15 is 0 Å². The fourth-order valence-electron chi connectivity index (χ4n) is 2.95. The van der Waals surface area contributed by atoms with Crippen molar-refractivity contribution in [2.24, 2.45) is 0 Å². The molecule has 0 amide bonds. The van der Waals surface area contributed by atoms with E-state index in [0.717, 1.165) is 5.69 Å². The van der Waals surface area contributed by atoms with Gasteiger partial charge in [0, 0.05) is 30.2 Å². The highest BCUT2D eigenvalue weighted by atomic mass is 32.1. The van der Waals surface area contributed by atoms with Crippen LogP contribution in [0, 0.1) is 0 Å². The number of nitrogens with zero attached hydrogens (tertiary/aromatic N) is 2. The molecule has 0 aliphatic heterocycles. The van der Waals surface area contributed by atoms with Gasteiger partial charge in [-0.2, -0.15) is 0 Å². The van der Waals surface area contributed by atoms with Crippen LogP contribution in [0.15, 0.2) is 24.3 Å². The minimum atomic E-state index is 0.655. The molecule has 1 aliphatic carbocycles. The number of hydrogen-bond acceptors (Lipinski definition) is 4. The summed E-state index contributed by atoms with van der Waals surface area (Å²) in [6, 6.07) is 8.56. The van der Waals surface area contributed by atoms with E-state index in [9.17, 15) is 0 Å². The predicted molar refractivity (Wildman–Crippen MR) is 87.5 cm³/mol. The molecule has 0 radical (unpaired) electrons. The summed E-state index contributed by atoms with van der Waals surface area (Å²) in [4.78, 5) is 8.11. The number of hydrogen-bond donors (Lipinski definition) is 1. The normalized spacial score (nSPS) is 15.7. The Morgan fingerprint density at radius 3 is 2.70 bits per heavy atom. The van der Waals surface area contributed by atoms with Crippen molar-refractivity contribution in [3.8, 4) is 11.3 Å². The lowest BCUT2D eigenvalue weighted by Gasteiger charge is -2.14. The Hall–Kier alpha value is -1.55. The smallest absolute Gasteiger partial charge is 0.180 e. The number of rotatable bonds is 3. The highest BCUT2D eigenvalue weighted by Crippen LogP contribution is 2.43. The molecule has 1 aromatic heterocycles. The van der Waals surface area contributed by atoms with Gasteiger partial charge >= 0.3 is 0 Å². The zero-order chi connectivity index (χ0) is 14.1. The number of thiazole rings is 1. The van der Waals surface area contributed by atoms with Gasteiger partial charge in [-0.3, -0.25) is 0 Å². The summed E-state index contributed by atoms with van der Waals surface area (Å²) in [7, 11) is 4.12. The second-order valence-corrected chi connectivity index (χ2v) is 6.75. The molecule has 0 bridgehead atoms. The SMILES string of the molecule is CN(C)c1cccc(-c2nc(N)sc2C2CCCC2)c1. The van der Waals surface area contributed by atoms with Crippen LogP contribution < -0.4 is 10.6 Å². The van der Waals surface area contributed by atoms with Crippen molar-refractivity contribution in [2.75, 3.05) is 24.7 Å². The third-order valence-electron chi connectivity index (χ3n) is 4.03. The van der Waals surface area contributed by atoms with Crippen molar-refractivity contribution >= 4 is 22.2 Å². The molecule has 2 N–H and O–H groups in total. The summed E-state index contributed by atoms with van der Waals surface area (Å²) in [5.41, 5.74) is 9.47.